The van der Waals surface area contributed by atoms with Crippen LogP contribution in [0.1, 0.15) is 23.4 Å². The number of fused-ring (bicyclic) bond motifs is 1. The van der Waals surface area contributed by atoms with Crippen LogP contribution in [-0.4, -0.2) is 21.1 Å². The van der Waals surface area contributed by atoms with Crippen molar-refractivity contribution in [3.8, 4) is 0 Å². The average Bonchev–Trinajstić information content (AvgIpc) is 3.03. The van der Waals surface area contributed by atoms with Gasteiger partial charge in [0.15, 0.2) is 0 Å². The van der Waals surface area contributed by atoms with Gasteiger partial charge in [-0.1, -0.05) is 18.5 Å². The van der Waals surface area contributed by atoms with Gasteiger partial charge in [0.25, 0.3) is 0 Å². The van der Waals surface area contributed by atoms with E-state index >= 15 is 0 Å². The van der Waals surface area contributed by atoms with Gasteiger partial charge in [-0.3, -0.25) is 4.98 Å². The summed E-state index contributed by atoms with van der Waals surface area (Å²) in [5, 5.41) is 10.6. The van der Waals surface area contributed by atoms with E-state index in [9.17, 15) is 0 Å². The van der Waals surface area contributed by atoms with Gasteiger partial charge in [0, 0.05) is 22.8 Å². The number of halogens is 1. The number of hydrogen-bond acceptors (Lipinski definition) is 4. The summed E-state index contributed by atoms with van der Waals surface area (Å²) >= 11 is 7.92. The largest absolute Gasteiger partial charge is 0.306 e. The molecule has 19 heavy (non-hydrogen) atoms. The molecule has 3 rings (SSSR count). The molecule has 0 aliphatic carbocycles. The Bertz CT molecular complexity index is 691. The van der Waals surface area contributed by atoms with Gasteiger partial charge in [0.1, 0.15) is 0 Å². The normalized spacial score (nSPS) is 12.9. The van der Waals surface area contributed by atoms with E-state index in [1.54, 1.807) is 17.5 Å². The maximum Gasteiger partial charge on any atom is 0.0896 e. The molecule has 98 valence electrons. The van der Waals surface area contributed by atoms with Crippen molar-refractivity contribution < 1.29 is 0 Å². The Morgan fingerprint density at radius 3 is 3.11 bits per heavy atom. The summed E-state index contributed by atoms with van der Waals surface area (Å²) < 4.78 is 1.83. The standard InChI is InChI=1S/C13H13ClN4S/c1-2-16-12(13-10(14)3-6-19-13)9-7-17-18-5-4-15-8-11(9)18/h3-8,12,16H,2H2,1H3. The van der Waals surface area contributed by atoms with Crippen LogP contribution in [0.3, 0.4) is 0 Å². The molecule has 0 fully saturated rings. The molecule has 3 aromatic rings. The van der Waals surface area contributed by atoms with Crippen molar-refractivity contribution in [2.45, 2.75) is 13.0 Å². The van der Waals surface area contributed by atoms with Gasteiger partial charge >= 0.3 is 0 Å². The van der Waals surface area contributed by atoms with E-state index in [2.05, 4.69) is 22.3 Å². The van der Waals surface area contributed by atoms with Gasteiger partial charge in [-0.2, -0.15) is 5.10 Å². The summed E-state index contributed by atoms with van der Waals surface area (Å²) in [7, 11) is 0. The Morgan fingerprint density at radius 1 is 1.47 bits per heavy atom. The molecule has 0 aliphatic heterocycles. The van der Waals surface area contributed by atoms with Crippen molar-refractivity contribution in [1.29, 1.82) is 0 Å². The summed E-state index contributed by atoms with van der Waals surface area (Å²) in [5.41, 5.74) is 2.09. The van der Waals surface area contributed by atoms with Crippen molar-refractivity contribution in [3.63, 3.8) is 0 Å². The topological polar surface area (TPSA) is 42.2 Å². The van der Waals surface area contributed by atoms with Crippen LogP contribution in [0.5, 0.6) is 0 Å². The second kappa shape index (κ2) is 5.28. The zero-order chi connectivity index (χ0) is 13.2. The van der Waals surface area contributed by atoms with E-state index in [0.29, 0.717) is 0 Å². The van der Waals surface area contributed by atoms with E-state index in [4.69, 9.17) is 11.6 Å². The first-order valence-corrected chi connectivity index (χ1v) is 7.30. The molecule has 0 radical (unpaired) electrons. The van der Waals surface area contributed by atoms with Gasteiger partial charge < -0.3 is 5.32 Å². The lowest BCUT2D eigenvalue weighted by Crippen LogP contribution is -2.21. The molecule has 0 aliphatic rings. The average molecular weight is 293 g/mol. The third-order valence-corrected chi connectivity index (χ3v) is 4.40. The predicted octanol–water partition coefficient (Wildman–Crippen LogP) is 3.14. The Hall–Kier alpha value is -1.43. The number of aromatic nitrogens is 3. The smallest absolute Gasteiger partial charge is 0.0896 e. The van der Waals surface area contributed by atoms with Crippen LogP contribution >= 0.6 is 22.9 Å². The van der Waals surface area contributed by atoms with Crippen LogP contribution in [0, 0.1) is 0 Å². The first kappa shape index (κ1) is 12.6. The maximum atomic E-state index is 6.27. The monoisotopic (exact) mass is 292 g/mol. The van der Waals surface area contributed by atoms with Crippen molar-refractivity contribution >= 4 is 28.5 Å². The molecule has 1 atom stereocenters. The molecule has 4 nitrogen and oxygen atoms in total. The van der Waals surface area contributed by atoms with E-state index in [0.717, 1.165) is 27.5 Å². The summed E-state index contributed by atoms with van der Waals surface area (Å²) in [6.45, 7) is 2.94. The van der Waals surface area contributed by atoms with Crippen LogP contribution in [0.25, 0.3) is 5.52 Å². The second-order valence-corrected chi connectivity index (χ2v) is 5.48. The van der Waals surface area contributed by atoms with Crippen LogP contribution in [0.2, 0.25) is 5.02 Å². The Balaban J connectivity index is 2.12. The molecule has 0 saturated heterocycles. The van der Waals surface area contributed by atoms with Gasteiger partial charge in [0.05, 0.1) is 29.0 Å². The maximum absolute atomic E-state index is 6.27. The molecule has 3 aromatic heterocycles. The third-order valence-electron chi connectivity index (χ3n) is 2.98. The van der Waals surface area contributed by atoms with Crippen LogP contribution in [-0.2, 0) is 0 Å². The molecule has 3 heterocycles. The highest BCUT2D eigenvalue weighted by Gasteiger charge is 2.21. The molecule has 0 saturated carbocycles. The number of thiophene rings is 1. The molecule has 0 amide bonds. The Labute approximate surface area is 120 Å². The summed E-state index contributed by atoms with van der Waals surface area (Å²) in [5.74, 6) is 0. The quantitative estimate of drug-likeness (QED) is 0.803. The summed E-state index contributed by atoms with van der Waals surface area (Å²) in [4.78, 5) is 5.29. The fourth-order valence-corrected chi connectivity index (χ4v) is 3.39. The minimum Gasteiger partial charge on any atom is -0.306 e. The Kier molecular flexibility index (Phi) is 3.50. The van der Waals surface area contributed by atoms with E-state index in [1.165, 1.54) is 0 Å². The zero-order valence-corrected chi connectivity index (χ0v) is 11.9. The van der Waals surface area contributed by atoms with Crippen molar-refractivity contribution in [3.05, 3.63) is 51.7 Å². The lowest BCUT2D eigenvalue weighted by atomic mass is 10.1. The highest BCUT2D eigenvalue weighted by molar-refractivity contribution is 7.10. The molecule has 1 N–H and O–H groups in total. The SMILES string of the molecule is CCNC(c1sccc1Cl)c1cnn2ccncc12. The first-order chi connectivity index (χ1) is 9.31. The van der Waals surface area contributed by atoms with Crippen molar-refractivity contribution in [1.82, 2.24) is 19.9 Å². The van der Waals surface area contributed by atoms with Crippen LogP contribution < -0.4 is 5.32 Å². The predicted molar refractivity (Wildman–Crippen MR) is 77.8 cm³/mol. The van der Waals surface area contributed by atoms with Gasteiger partial charge in [-0.05, 0) is 18.0 Å². The third kappa shape index (κ3) is 2.25. The van der Waals surface area contributed by atoms with Gasteiger partial charge in [0.2, 0.25) is 0 Å². The minimum absolute atomic E-state index is 0.0548. The molecule has 1 unspecified atom stereocenters. The fraction of sp³-hybridized carbons (Fsp3) is 0.231. The number of nitrogens with zero attached hydrogens (tertiary/aromatic N) is 3. The number of hydrogen-bond donors (Lipinski definition) is 1. The summed E-state index contributed by atoms with van der Waals surface area (Å²) in [6, 6.07) is 1.98. The lowest BCUT2D eigenvalue weighted by molar-refractivity contribution is 0.643. The van der Waals surface area contributed by atoms with Crippen molar-refractivity contribution in [2.24, 2.45) is 0 Å². The highest BCUT2D eigenvalue weighted by Crippen LogP contribution is 2.34. The van der Waals surface area contributed by atoms with Gasteiger partial charge in [-0.15, -0.1) is 11.3 Å². The van der Waals surface area contributed by atoms with Crippen LogP contribution in [0.4, 0.5) is 0 Å². The zero-order valence-electron chi connectivity index (χ0n) is 10.4. The molecule has 0 aromatic carbocycles. The molecule has 6 heteroatoms. The molecule has 0 spiro atoms. The van der Waals surface area contributed by atoms with Gasteiger partial charge in [-0.25, -0.2) is 4.52 Å². The van der Waals surface area contributed by atoms with Crippen LogP contribution in [0.15, 0.2) is 36.2 Å². The first-order valence-electron chi connectivity index (χ1n) is 6.04. The highest BCUT2D eigenvalue weighted by atomic mass is 35.5. The van der Waals surface area contributed by atoms with E-state index < -0.39 is 0 Å². The fourth-order valence-electron chi connectivity index (χ4n) is 2.13. The van der Waals surface area contributed by atoms with E-state index in [-0.39, 0.29) is 6.04 Å². The Morgan fingerprint density at radius 2 is 2.37 bits per heavy atom. The molecular weight excluding hydrogens is 280 g/mol. The van der Waals surface area contributed by atoms with Crippen molar-refractivity contribution in [2.75, 3.05) is 6.54 Å². The number of nitrogens with one attached hydrogen (secondary N) is 1. The summed E-state index contributed by atoms with van der Waals surface area (Å²) in [6.07, 6.45) is 7.27. The minimum atomic E-state index is 0.0548. The second-order valence-electron chi connectivity index (χ2n) is 4.13. The molecular formula is C13H13ClN4S. The number of rotatable bonds is 4. The molecule has 0 bridgehead atoms. The lowest BCUT2D eigenvalue weighted by Gasteiger charge is -2.16. The van der Waals surface area contributed by atoms with E-state index in [1.807, 2.05) is 34.6 Å².